The molecule has 1 aromatic rings. The molecular formula is C11H12ClNO3. The summed E-state index contributed by atoms with van der Waals surface area (Å²) in [7, 11) is 0. The predicted octanol–water partition coefficient (Wildman–Crippen LogP) is 1.72. The number of carbonyl (C=O) groups is 2. The van der Waals surface area contributed by atoms with Gasteiger partial charge in [-0.05, 0) is 31.5 Å². The number of benzene rings is 1. The van der Waals surface area contributed by atoms with E-state index in [4.69, 9.17) is 22.1 Å². The summed E-state index contributed by atoms with van der Waals surface area (Å²) in [5, 5.41) is 0.483. The standard InChI is InChI=1S/C11H12ClNO3/c1-6-3-10(16-5-11(13)15)8(7(2)14)4-9(6)12/h3-4H,5H2,1-2H3,(H2,13,15). The van der Waals surface area contributed by atoms with Gasteiger partial charge in [-0.2, -0.15) is 0 Å². The number of carbonyl (C=O) groups excluding carboxylic acids is 2. The van der Waals surface area contributed by atoms with Crippen LogP contribution in [0.4, 0.5) is 0 Å². The molecule has 0 saturated carbocycles. The van der Waals surface area contributed by atoms with E-state index in [1.165, 1.54) is 13.0 Å². The van der Waals surface area contributed by atoms with Gasteiger partial charge in [-0.15, -0.1) is 0 Å². The maximum absolute atomic E-state index is 11.3. The van der Waals surface area contributed by atoms with Gasteiger partial charge >= 0.3 is 0 Å². The van der Waals surface area contributed by atoms with Crippen molar-refractivity contribution in [1.29, 1.82) is 0 Å². The second kappa shape index (κ2) is 4.99. The zero-order valence-electron chi connectivity index (χ0n) is 9.04. The van der Waals surface area contributed by atoms with E-state index in [0.29, 0.717) is 16.3 Å². The molecule has 4 nitrogen and oxygen atoms in total. The molecule has 1 amide bonds. The van der Waals surface area contributed by atoms with E-state index in [2.05, 4.69) is 0 Å². The quantitative estimate of drug-likeness (QED) is 0.816. The average molecular weight is 242 g/mol. The summed E-state index contributed by atoms with van der Waals surface area (Å²) in [4.78, 5) is 21.9. The van der Waals surface area contributed by atoms with E-state index in [9.17, 15) is 9.59 Å². The third-order valence-corrected chi connectivity index (χ3v) is 2.42. The van der Waals surface area contributed by atoms with Crippen LogP contribution in [0.5, 0.6) is 5.75 Å². The zero-order chi connectivity index (χ0) is 12.3. The zero-order valence-corrected chi connectivity index (χ0v) is 9.80. The first kappa shape index (κ1) is 12.5. The van der Waals surface area contributed by atoms with Crippen molar-refractivity contribution in [2.45, 2.75) is 13.8 Å². The lowest BCUT2D eigenvalue weighted by atomic mass is 10.1. The fraction of sp³-hybridized carbons (Fsp3) is 0.273. The SMILES string of the molecule is CC(=O)c1cc(Cl)c(C)cc1OCC(N)=O. The normalized spacial score (nSPS) is 9.94. The molecular weight excluding hydrogens is 230 g/mol. The number of hydrogen-bond donors (Lipinski definition) is 1. The van der Waals surface area contributed by atoms with Crippen LogP contribution >= 0.6 is 11.6 Å². The number of ether oxygens (including phenoxy) is 1. The molecule has 2 N–H and O–H groups in total. The molecule has 5 heteroatoms. The van der Waals surface area contributed by atoms with Crippen molar-refractivity contribution in [3.63, 3.8) is 0 Å². The van der Waals surface area contributed by atoms with Crippen LogP contribution in [0.1, 0.15) is 22.8 Å². The molecule has 0 unspecified atom stereocenters. The highest BCUT2D eigenvalue weighted by Crippen LogP contribution is 2.27. The Morgan fingerprint density at radius 3 is 2.56 bits per heavy atom. The lowest BCUT2D eigenvalue weighted by Gasteiger charge is -2.10. The minimum absolute atomic E-state index is 0.179. The Kier molecular flexibility index (Phi) is 3.90. The van der Waals surface area contributed by atoms with Gasteiger partial charge in [0.2, 0.25) is 0 Å². The van der Waals surface area contributed by atoms with Crippen LogP contribution in [0.3, 0.4) is 0 Å². The summed E-state index contributed by atoms with van der Waals surface area (Å²) >= 11 is 5.89. The number of nitrogens with two attached hydrogens (primary N) is 1. The molecule has 16 heavy (non-hydrogen) atoms. The summed E-state index contributed by atoms with van der Waals surface area (Å²) < 4.78 is 5.14. The molecule has 1 rings (SSSR count). The Balaban J connectivity index is 3.09. The molecule has 0 spiro atoms. The van der Waals surface area contributed by atoms with Crippen molar-refractivity contribution in [3.05, 3.63) is 28.3 Å². The third kappa shape index (κ3) is 2.97. The molecule has 0 saturated heterocycles. The molecule has 0 fully saturated rings. The Hall–Kier alpha value is -1.55. The third-order valence-electron chi connectivity index (χ3n) is 2.01. The van der Waals surface area contributed by atoms with Gasteiger partial charge in [0.15, 0.2) is 12.4 Å². The molecule has 0 heterocycles. The van der Waals surface area contributed by atoms with Gasteiger partial charge in [0.1, 0.15) is 5.75 Å². The van der Waals surface area contributed by atoms with Gasteiger partial charge in [-0.25, -0.2) is 0 Å². The highest BCUT2D eigenvalue weighted by molar-refractivity contribution is 6.31. The predicted molar refractivity (Wildman–Crippen MR) is 60.9 cm³/mol. The van der Waals surface area contributed by atoms with Gasteiger partial charge in [-0.3, -0.25) is 9.59 Å². The van der Waals surface area contributed by atoms with E-state index in [0.717, 1.165) is 5.56 Å². The number of aryl methyl sites for hydroxylation is 1. The molecule has 1 aromatic carbocycles. The van der Waals surface area contributed by atoms with E-state index < -0.39 is 5.91 Å². The first-order valence-electron chi connectivity index (χ1n) is 4.64. The lowest BCUT2D eigenvalue weighted by Crippen LogP contribution is -2.20. The van der Waals surface area contributed by atoms with E-state index in [1.54, 1.807) is 13.0 Å². The largest absolute Gasteiger partial charge is 0.483 e. The topological polar surface area (TPSA) is 69.4 Å². The molecule has 0 atom stereocenters. The maximum atomic E-state index is 11.3. The molecule has 0 aliphatic heterocycles. The van der Waals surface area contributed by atoms with Gasteiger partial charge in [0.05, 0.1) is 5.56 Å². The fourth-order valence-electron chi connectivity index (χ4n) is 1.20. The van der Waals surface area contributed by atoms with Gasteiger partial charge in [0, 0.05) is 5.02 Å². The highest BCUT2D eigenvalue weighted by atomic mass is 35.5. The monoisotopic (exact) mass is 241 g/mol. The summed E-state index contributed by atoms with van der Waals surface area (Å²) in [5.74, 6) is -0.448. The van der Waals surface area contributed by atoms with Crippen LogP contribution in [0, 0.1) is 6.92 Å². The van der Waals surface area contributed by atoms with Crippen LogP contribution < -0.4 is 10.5 Å². The van der Waals surface area contributed by atoms with Crippen molar-refractivity contribution >= 4 is 23.3 Å². The number of halogens is 1. The number of ketones is 1. The van der Waals surface area contributed by atoms with Crippen molar-refractivity contribution in [2.24, 2.45) is 5.73 Å². The molecule has 0 bridgehead atoms. The number of hydrogen-bond acceptors (Lipinski definition) is 3. The van der Waals surface area contributed by atoms with Crippen LogP contribution in [0.15, 0.2) is 12.1 Å². The van der Waals surface area contributed by atoms with Crippen LogP contribution in [-0.4, -0.2) is 18.3 Å². The van der Waals surface area contributed by atoms with Crippen LogP contribution in [0.25, 0.3) is 0 Å². The Labute approximate surface area is 98.3 Å². The summed E-state index contributed by atoms with van der Waals surface area (Å²) in [6.07, 6.45) is 0. The van der Waals surface area contributed by atoms with Crippen molar-refractivity contribution in [3.8, 4) is 5.75 Å². The summed E-state index contributed by atoms with van der Waals surface area (Å²) in [5.41, 5.74) is 6.07. The van der Waals surface area contributed by atoms with Crippen molar-refractivity contribution in [2.75, 3.05) is 6.61 Å². The number of amides is 1. The first-order chi connectivity index (χ1) is 7.41. The lowest BCUT2D eigenvalue weighted by molar-refractivity contribution is -0.119. The minimum atomic E-state index is -0.595. The molecule has 0 aliphatic rings. The Morgan fingerprint density at radius 1 is 1.44 bits per heavy atom. The summed E-state index contributed by atoms with van der Waals surface area (Å²) in [6.45, 7) is 2.92. The molecule has 0 aromatic heterocycles. The van der Waals surface area contributed by atoms with Crippen LogP contribution in [0.2, 0.25) is 5.02 Å². The number of rotatable bonds is 4. The highest BCUT2D eigenvalue weighted by Gasteiger charge is 2.12. The first-order valence-corrected chi connectivity index (χ1v) is 5.01. The van der Waals surface area contributed by atoms with Gasteiger partial charge < -0.3 is 10.5 Å². The average Bonchev–Trinajstić information content (AvgIpc) is 2.18. The van der Waals surface area contributed by atoms with Crippen LogP contribution in [-0.2, 0) is 4.79 Å². The minimum Gasteiger partial charge on any atom is -0.483 e. The van der Waals surface area contributed by atoms with E-state index >= 15 is 0 Å². The molecule has 0 radical (unpaired) electrons. The number of Topliss-reactive ketones (excluding diaryl/α,β-unsaturated/α-hetero) is 1. The van der Waals surface area contributed by atoms with E-state index in [1.807, 2.05) is 0 Å². The molecule has 0 aliphatic carbocycles. The summed E-state index contributed by atoms with van der Waals surface area (Å²) in [6, 6.07) is 3.14. The van der Waals surface area contributed by atoms with Gasteiger partial charge in [-0.1, -0.05) is 11.6 Å². The fourth-order valence-corrected chi connectivity index (χ4v) is 1.36. The smallest absolute Gasteiger partial charge is 0.255 e. The maximum Gasteiger partial charge on any atom is 0.255 e. The second-order valence-corrected chi connectivity index (χ2v) is 3.82. The Bertz CT molecular complexity index is 443. The van der Waals surface area contributed by atoms with Gasteiger partial charge in [0.25, 0.3) is 5.91 Å². The molecule has 86 valence electrons. The number of primary amides is 1. The van der Waals surface area contributed by atoms with Crippen molar-refractivity contribution in [1.82, 2.24) is 0 Å². The second-order valence-electron chi connectivity index (χ2n) is 3.41. The Morgan fingerprint density at radius 2 is 2.06 bits per heavy atom. The van der Waals surface area contributed by atoms with Crippen molar-refractivity contribution < 1.29 is 14.3 Å². The van der Waals surface area contributed by atoms with E-state index in [-0.39, 0.29) is 12.4 Å².